The molecule has 8 heteroatoms. The molecule has 2 aromatic rings. The number of nitrogens with one attached hydrogen (secondary N) is 2. The quantitative estimate of drug-likeness (QED) is 0.335. The van der Waals surface area contributed by atoms with Crippen molar-refractivity contribution in [2.45, 2.75) is 46.1 Å². The first-order valence-electron chi connectivity index (χ1n) is 9.88. The maximum atomic E-state index is 4.74. The van der Waals surface area contributed by atoms with Crippen molar-refractivity contribution in [3.63, 3.8) is 0 Å². The summed E-state index contributed by atoms with van der Waals surface area (Å²) in [7, 11) is 0. The first-order valence-corrected chi connectivity index (χ1v) is 10.7. The number of hydrogen-bond acceptors (Lipinski definition) is 5. The van der Waals surface area contributed by atoms with Gasteiger partial charge >= 0.3 is 0 Å². The number of thiazole rings is 1. The minimum absolute atomic E-state index is 0. The van der Waals surface area contributed by atoms with Crippen molar-refractivity contribution in [1.82, 2.24) is 20.6 Å². The molecule has 0 radical (unpaired) electrons. The van der Waals surface area contributed by atoms with Gasteiger partial charge in [-0.05, 0) is 50.8 Å². The van der Waals surface area contributed by atoms with Crippen molar-refractivity contribution < 1.29 is 0 Å². The Morgan fingerprint density at radius 3 is 2.75 bits per heavy atom. The zero-order valence-corrected chi connectivity index (χ0v) is 19.9. The summed E-state index contributed by atoms with van der Waals surface area (Å²) in [6.07, 6.45) is 8.60. The molecule has 6 nitrogen and oxygen atoms in total. The highest BCUT2D eigenvalue weighted by atomic mass is 127. The largest absolute Gasteiger partial charge is 0.357 e. The van der Waals surface area contributed by atoms with E-state index in [1.54, 1.807) is 11.3 Å². The summed E-state index contributed by atoms with van der Waals surface area (Å²) in [5.41, 5.74) is 1.19. The number of aliphatic imine (C=N–C) groups is 1. The van der Waals surface area contributed by atoms with Crippen LogP contribution in [0.3, 0.4) is 0 Å². The molecule has 1 saturated heterocycles. The molecule has 0 aliphatic carbocycles. The van der Waals surface area contributed by atoms with Gasteiger partial charge in [-0.25, -0.2) is 15.0 Å². The number of anilines is 1. The Hall–Kier alpha value is -1.42. The summed E-state index contributed by atoms with van der Waals surface area (Å²) in [4.78, 5) is 17.3. The third kappa shape index (κ3) is 7.20. The van der Waals surface area contributed by atoms with Crippen LogP contribution in [0.1, 0.15) is 41.6 Å². The smallest absolute Gasteiger partial charge is 0.191 e. The van der Waals surface area contributed by atoms with E-state index in [2.05, 4.69) is 51.5 Å². The van der Waals surface area contributed by atoms with Crippen molar-refractivity contribution in [2.24, 2.45) is 4.99 Å². The molecule has 154 valence electrons. The summed E-state index contributed by atoms with van der Waals surface area (Å²) < 4.78 is 0. The number of aromatic nitrogens is 2. The molecule has 2 aromatic heterocycles. The lowest BCUT2D eigenvalue weighted by atomic mass is 10.1. The molecule has 3 heterocycles. The minimum atomic E-state index is 0. The van der Waals surface area contributed by atoms with Crippen molar-refractivity contribution in [3.8, 4) is 0 Å². The van der Waals surface area contributed by atoms with Gasteiger partial charge in [0.1, 0.15) is 5.82 Å². The standard InChI is InChI=1S/C20H30N6S.HI/c1-3-21-20(23-10-8-19-24-14-16(2)27-19)25-15-17-7-9-22-18(13-17)26-11-5-4-6-12-26;/h7,9,13-14H,3-6,8,10-12,15H2,1-2H3,(H2,21,23,25);1H. The SMILES string of the molecule is CCNC(=NCc1ccnc(N2CCCCC2)c1)NCCc1ncc(C)s1.I. The summed E-state index contributed by atoms with van der Waals surface area (Å²) in [6.45, 7) is 8.72. The molecule has 1 aliphatic rings. The van der Waals surface area contributed by atoms with Gasteiger partial charge in [-0.3, -0.25) is 0 Å². The Morgan fingerprint density at radius 1 is 1.21 bits per heavy atom. The highest BCUT2D eigenvalue weighted by Gasteiger charge is 2.12. The fourth-order valence-electron chi connectivity index (χ4n) is 3.17. The van der Waals surface area contributed by atoms with E-state index in [1.165, 1.54) is 29.7 Å². The average molecular weight is 514 g/mol. The van der Waals surface area contributed by atoms with E-state index >= 15 is 0 Å². The average Bonchev–Trinajstić information content (AvgIpc) is 3.12. The number of rotatable bonds is 7. The Kier molecular flexibility index (Phi) is 9.97. The Balaban J connectivity index is 0.00000280. The minimum Gasteiger partial charge on any atom is -0.357 e. The fourth-order valence-corrected chi connectivity index (χ4v) is 3.96. The fraction of sp³-hybridized carbons (Fsp3) is 0.550. The van der Waals surface area contributed by atoms with Crippen molar-refractivity contribution in [2.75, 3.05) is 31.1 Å². The molecule has 0 atom stereocenters. The molecule has 0 bridgehead atoms. The van der Waals surface area contributed by atoms with Gasteiger partial charge in [0.05, 0.1) is 11.6 Å². The maximum absolute atomic E-state index is 4.74. The van der Waals surface area contributed by atoms with Crippen LogP contribution in [0, 0.1) is 6.92 Å². The molecule has 0 aromatic carbocycles. The zero-order valence-electron chi connectivity index (χ0n) is 16.8. The molecule has 28 heavy (non-hydrogen) atoms. The van der Waals surface area contributed by atoms with E-state index in [9.17, 15) is 0 Å². The lowest BCUT2D eigenvalue weighted by molar-refractivity contribution is 0.573. The predicted molar refractivity (Wildman–Crippen MR) is 129 cm³/mol. The predicted octanol–water partition coefficient (Wildman–Crippen LogP) is 3.75. The normalized spacial score (nSPS) is 14.5. The van der Waals surface area contributed by atoms with Crippen LogP contribution in [0.25, 0.3) is 0 Å². The Labute approximate surface area is 189 Å². The number of hydrogen-bond donors (Lipinski definition) is 2. The summed E-state index contributed by atoms with van der Waals surface area (Å²) >= 11 is 1.76. The number of piperidine rings is 1. The third-order valence-electron chi connectivity index (χ3n) is 4.55. The second kappa shape index (κ2) is 12.2. The Bertz CT molecular complexity index is 742. The molecule has 3 rings (SSSR count). The summed E-state index contributed by atoms with van der Waals surface area (Å²) in [6, 6.07) is 4.23. The molecule has 0 unspecified atom stereocenters. The molecular weight excluding hydrogens is 483 g/mol. The van der Waals surface area contributed by atoms with E-state index < -0.39 is 0 Å². The van der Waals surface area contributed by atoms with E-state index in [-0.39, 0.29) is 24.0 Å². The number of pyridine rings is 1. The van der Waals surface area contributed by atoms with Gasteiger partial charge in [-0.2, -0.15) is 0 Å². The van der Waals surface area contributed by atoms with Gasteiger partial charge in [0, 0.05) is 49.9 Å². The topological polar surface area (TPSA) is 65.4 Å². The van der Waals surface area contributed by atoms with Crippen LogP contribution in [0.15, 0.2) is 29.5 Å². The third-order valence-corrected chi connectivity index (χ3v) is 5.53. The second-order valence-electron chi connectivity index (χ2n) is 6.81. The number of halogens is 1. The van der Waals surface area contributed by atoms with Crippen LogP contribution >= 0.6 is 35.3 Å². The van der Waals surface area contributed by atoms with Gasteiger partial charge in [0.25, 0.3) is 0 Å². The lowest BCUT2D eigenvalue weighted by Crippen LogP contribution is -2.38. The van der Waals surface area contributed by atoms with Crippen LogP contribution in [0.4, 0.5) is 5.82 Å². The first-order chi connectivity index (χ1) is 13.2. The Morgan fingerprint density at radius 2 is 2.04 bits per heavy atom. The van der Waals surface area contributed by atoms with E-state index in [0.717, 1.165) is 49.4 Å². The van der Waals surface area contributed by atoms with Gasteiger partial charge in [0.2, 0.25) is 0 Å². The zero-order chi connectivity index (χ0) is 18.9. The van der Waals surface area contributed by atoms with Crippen molar-refractivity contribution >= 4 is 47.1 Å². The molecular formula is C20H31IN6S. The summed E-state index contributed by atoms with van der Waals surface area (Å²) in [5.74, 6) is 1.93. The van der Waals surface area contributed by atoms with Gasteiger partial charge in [-0.15, -0.1) is 35.3 Å². The van der Waals surface area contributed by atoms with Gasteiger partial charge in [-0.1, -0.05) is 0 Å². The van der Waals surface area contributed by atoms with E-state index in [4.69, 9.17) is 4.99 Å². The highest BCUT2D eigenvalue weighted by molar-refractivity contribution is 14.0. The second-order valence-corrected chi connectivity index (χ2v) is 8.13. The first kappa shape index (κ1) is 22.9. The number of nitrogens with zero attached hydrogens (tertiary/aromatic N) is 4. The van der Waals surface area contributed by atoms with Crippen LogP contribution in [0.2, 0.25) is 0 Å². The van der Waals surface area contributed by atoms with Gasteiger partial charge < -0.3 is 15.5 Å². The molecule has 1 aliphatic heterocycles. The highest BCUT2D eigenvalue weighted by Crippen LogP contribution is 2.18. The lowest BCUT2D eigenvalue weighted by Gasteiger charge is -2.27. The van der Waals surface area contributed by atoms with E-state index in [1.807, 2.05) is 12.4 Å². The number of guanidine groups is 1. The van der Waals surface area contributed by atoms with Crippen molar-refractivity contribution in [1.29, 1.82) is 0 Å². The monoisotopic (exact) mass is 514 g/mol. The van der Waals surface area contributed by atoms with Gasteiger partial charge in [0.15, 0.2) is 5.96 Å². The van der Waals surface area contributed by atoms with Crippen LogP contribution in [-0.4, -0.2) is 42.1 Å². The van der Waals surface area contributed by atoms with Crippen LogP contribution < -0.4 is 15.5 Å². The number of aryl methyl sites for hydroxylation is 1. The molecule has 2 N–H and O–H groups in total. The summed E-state index contributed by atoms with van der Waals surface area (Å²) in [5, 5.41) is 7.89. The molecule has 0 amide bonds. The molecule has 0 spiro atoms. The van der Waals surface area contributed by atoms with Crippen LogP contribution in [0.5, 0.6) is 0 Å². The maximum Gasteiger partial charge on any atom is 0.191 e. The van der Waals surface area contributed by atoms with Crippen LogP contribution in [-0.2, 0) is 13.0 Å². The molecule has 0 saturated carbocycles. The molecule has 1 fully saturated rings. The van der Waals surface area contributed by atoms with Crippen molar-refractivity contribution in [3.05, 3.63) is 40.0 Å². The van der Waals surface area contributed by atoms with E-state index in [0.29, 0.717) is 6.54 Å².